The van der Waals surface area contributed by atoms with Gasteiger partial charge in [0, 0.05) is 17.1 Å². The molecule has 1 aromatic heterocycles. The van der Waals surface area contributed by atoms with Gasteiger partial charge in [-0.1, -0.05) is 72.8 Å². The van der Waals surface area contributed by atoms with Crippen LogP contribution in [0.2, 0.25) is 0 Å². The van der Waals surface area contributed by atoms with Crippen LogP contribution in [0.3, 0.4) is 0 Å². The molecular weight excluding hydrogens is 518 g/mol. The third kappa shape index (κ3) is 5.92. The summed E-state index contributed by atoms with van der Waals surface area (Å²) < 4.78 is 7.91. The van der Waals surface area contributed by atoms with E-state index < -0.39 is 6.04 Å². The molecule has 0 spiro atoms. The van der Waals surface area contributed by atoms with Crippen LogP contribution in [0.1, 0.15) is 54.1 Å². The maximum Gasteiger partial charge on any atom is 0.255 e. The first-order chi connectivity index (χ1) is 19.3. The fraction of sp³-hybridized carbons (Fsp3) is 0.281. The monoisotopic (exact) mass is 553 g/mol. The highest BCUT2D eigenvalue weighted by molar-refractivity contribution is 7.99. The van der Waals surface area contributed by atoms with Crippen molar-refractivity contribution in [3.63, 3.8) is 0 Å². The topological polar surface area (TPSA) is 81.1 Å². The Hall–Kier alpha value is -4.04. The quantitative estimate of drug-likeness (QED) is 0.213. The maximum atomic E-state index is 13.8. The number of hydrogen-bond donors (Lipinski definition) is 2. The summed E-state index contributed by atoms with van der Waals surface area (Å²) in [5, 5.41) is 12.0. The predicted octanol–water partition coefficient (Wildman–Crippen LogP) is 7.21. The van der Waals surface area contributed by atoms with E-state index >= 15 is 0 Å². The van der Waals surface area contributed by atoms with E-state index in [4.69, 9.17) is 14.8 Å². The molecular formula is C32H35N5O2S. The number of nitrogens with zero attached hydrogens (tertiary/aromatic N) is 3. The Morgan fingerprint density at radius 1 is 1.02 bits per heavy atom. The minimum absolute atomic E-state index is 0.175. The second kappa shape index (κ2) is 12.0. The first-order valence-electron chi connectivity index (χ1n) is 13.6. The fourth-order valence-corrected chi connectivity index (χ4v) is 5.49. The van der Waals surface area contributed by atoms with Crippen molar-refractivity contribution in [3.05, 3.63) is 106 Å². The van der Waals surface area contributed by atoms with Crippen LogP contribution in [-0.2, 0) is 11.4 Å². The van der Waals surface area contributed by atoms with Gasteiger partial charge in [0.15, 0.2) is 0 Å². The highest BCUT2D eigenvalue weighted by Crippen LogP contribution is 2.37. The fourth-order valence-electron chi connectivity index (χ4n) is 4.81. The summed E-state index contributed by atoms with van der Waals surface area (Å²) in [4.78, 5) is 18.6. The molecule has 0 bridgehead atoms. The summed E-state index contributed by atoms with van der Waals surface area (Å²) in [5.74, 6) is 2.14. The van der Waals surface area contributed by atoms with Crippen LogP contribution in [0.15, 0.2) is 83.2 Å². The first kappa shape index (κ1) is 27.5. The number of carbonyl (C=O) groups is 1. The zero-order valence-corrected chi connectivity index (χ0v) is 24.4. The molecule has 40 heavy (non-hydrogen) atoms. The Labute approximate surface area is 240 Å². The second-order valence-electron chi connectivity index (χ2n) is 10.1. The van der Waals surface area contributed by atoms with Gasteiger partial charge >= 0.3 is 0 Å². The summed E-state index contributed by atoms with van der Waals surface area (Å²) in [5.41, 5.74) is 7.57. The molecule has 206 valence electrons. The molecule has 3 aromatic carbocycles. The molecule has 5 rings (SSSR count). The van der Waals surface area contributed by atoms with Crippen LogP contribution in [0.5, 0.6) is 5.75 Å². The summed E-state index contributed by atoms with van der Waals surface area (Å²) in [7, 11) is 0. The van der Waals surface area contributed by atoms with E-state index in [9.17, 15) is 4.79 Å². The van der Waals surface area contributed by atoms with Gasteiger partial charge in [-0.05, 0) is 74.6 Å². The van der Waals surface area contributed by atoms with Gasteiger partial charge in [-0.3, -0.25) is 4.79 Å². The zero-order valence-electron chi connectivity index (χ0n) is 23.6. The number of amides is 1. The zero-order chi connectivity index (χ0) is 28.2. The van der Waals surface area contributed by atoms with Crippen LogP contribution in [0, 0.1) is 20.8 Å². The predicted molar refractivity (Wildman–Crippen MR) is 162 cm³/mol. The molecule has 7 nitrogen and oxygen atoms in total. The molecule has 2 N–H and O–H groups in total. The summed E-state index contributed by atoms with van der Waals surface area (Å²) >= 11 is 1.61. The molecule has 0 fully saturated rings. The van der Waals surface area contributed by atoms with Gasteiger partial charge in [-0.25, -0.2) is 4.68 Å². The lowest BCUT2D eigenvalue weighted by molar-refractivity contribution is -0.113. The summed E-state index contributed by atoms with van der Waals surface area (Å²) in [6.45, 7) is 10.7. The van der Waals surface area contributed by atoms with Crippen LogP contribution in [0.4, 0.5) is 11.6 Å². The molecule has 0 saturated carbocycles. The first-order valence-corrected chi connectivity index (χ1v) is 14.6. The summed E-state index contributed by atoms with van der Waals surface area (Å²) in [6, 6.07) is 21.7. The van der Waals surface area contributed by atoms with Crippen LogP contribution < -0.4 is 15.4 Å². The van der Waals surface area contributed by atoms with Crippen LogP contribution in [0.25, 0.3) is 0 Å². The Morgan fingerprint density at radius 2 is 1.80 bits per heavy atom. The van der Waals surface area contributed by atoms with E-state index in [1.807, 2.05) is 74.0 Å². The minimum atomic E-state index is -0.448. The lowest BCUT2D eigenvalue weighted by Crippen LogP contribution is -2.31. The molecule has 8 heteroatoms. The number of carbonyl (C=O) groups excluding carboxylic acids is 1. The largest absolute Gasteiger partial charge is 0.489 e. The van der Waals surface area contributed by atoms with Crippen molar-refractivity contribution in [1.29, 1.82) is 0 Å². The molecule has 1 aliphatic heterocycles. The minimum Gasteiger partial charge on any atom is -0.489 e. The van der Waals surface area contributed by atoms with Crippen molar-refractivity contribution in [2.45, 2.75) is 58.8 Å². The average Bonchev–Trinajstić information content (AvgIpc) is 3.34. The van der Waals surface area contributed by atoms with Gasteiger partial charge in [0.25, 0.3) is 5.91 Å². The van der Waals surface area contributed by atoms with Crippen molar-refractivity contribution in [2.75, 3.05) is 16.4 Å². The van der Waals surface area contributed by atoms with Crippen molar-refractivity contribution >= 4 is 29.3 Å². The number of allylic oxidation sites excluding steroid dienone is 1. The number of benzene rings is 3. The van der Waals surface area contributed by atoms with Gasteiger partial charge in [-0.2, -0.15) is 4.98 Å². The Bertz CT molecular complexity index is 1560. The van der Waals surface area contributed by atoms with E-state index in [0.29, 0.717) is 23.3 Å². The number of hydrogen-bond acceptors (Lipinski definition) is 6. The van der Waals surface area contributed by atoms with E-state index in [-0.39, 0.29) is 5.91 Å². The van der Waals surface area contributed by atoms with E-state index in [0.717, 1.165) is 51.6 Å². The number of ether oxygens (including phenoxy) is 1. The maximum absolute atomic E-state index is 13.8. The van der Waals surface area contributed by atoms with E-state index in [1.54, 1.807) is 11.8 Å². The van der Waals surface area contributed by atoms with Crippen molar-refractivity contribution in [2.24, 2.45) is 0 Å². The lowest BCUT2D eigenvalue weighted by Gasteiger charge is -2.29. The van der Waals surface area contributed by atoms with Gasteiger partial charge in [0.1, 0.15) is 18.4 Å². The molecule has 1 amide bonds. The molecule has 0 radical (unpaired) electrons. The Balaban J connectivity index is 1.46. The second-order valence-corrected chi connectivity index (χ2v) is 11.2. The molecule has 1 atom stereocenters. The molecule has 4 aromatic rings. The van der Waals surface area contributed by atoms with Gasteiger partial charge in [0.05, 0.1) is 5.57 Å². The SMILES string of the molecule is CCCSc1nc2n(n1)C(c1ccc(OCc3ccccc3C)cc1)C(C(=O)Nc1ccc(C)cc1C)=C(C)N2. The lowest BCUT2D eigenvalue weighted by atomic mass is 9.94. The average molecular weight is 554 g/mol. The molecule has 1 unspecified atom stereocenters. The van der Waals surface area contributed by atoms with Crippen LogP contribution in [-0.4, -0.2) is 26.4 Å². The number of nitrogens with one attached hydrogen (secondary N) is 2. The highest BCUT2D eigenvalue weighted by atomic mass is 32.2. The smallest absolute Gasteiger partial charge is 0.255 e. The molecule has 0 aliphatic carbocycles. The number of fused-ring (bicyclic) bond motifs is 1. The normalized spacial score (nSPS) is 14.5. The Morgan fingerprint density at radius 3 is 2.52 bits per heavy atom. The van der Waals surface area contributed by atoms with E-state index in [1.165, 1.54) is 5.56 Å². The Kier molecular flexibility index (Phi) is 8.26. The number of aryl methyl sites for hydroxylation is 3. The molecule has 1 aliphatic rings. The number of anilines is 2. The summed E-state index contributed by atoms with van der Waals surface area (Å²) in [6.07, 6.45) is 1.02. The third-order valence-electron chi connectivity index (χ3n) is 6.99. The highest BCUT2D eigenvalue weighted by Gasteiger charge is 2.34. The van der Waals surface area contributed by atoms with Gasteiger partial charge in [-0.15, -0.1) is 5.10 Å². The van der Waals surface area contributed by atoms with E-state index in [2.05, 4.69) is 42.7 Å². The van der Waals surface area contributed by atoms with Crippen molar-refractivity contribution in [1.82, 2.24) is 14.8 Å². The number of thioether (sulfide) groups is 1. The standard InChI is InChI=1S/C32H35N5O2S/c1-6-17-40-32-35-31-33-23(5)28(30(38)34-27-16-11-20(2)18-22(27)4)29(37(31)36-32)24-12-14-26(15-13-24)39-19-25-10-8-7-9-21(25)3/h7-16,18,29H,6,17,19H2,1-5H3,(H,34,38)(H,33,35,36). The van der Waals surface area contributed by atoms with Gasteiger partial charge in [0.2, 0.25) is 11.1 Å². The van der Waals surface area contributed by atoms with Crippen molar-refractivity contribution in [3.8, 4) is 5.75 Å². The third-order valence-corrected chi connectivity index (χ3v) is 8.04. The van der Waals surface area contributed by atoms with Gasteiger partial charge < -0.3 is 15.4 Å². The number of rotatable bonds is 9. The number of aromatic nitrogens is 3. The molecule has 2 heterocycles. The molecule has 0 saturated heterocycles. The van der Waals surface area contributed by atoms with Crippen LogP contribution >= 0.6 is 11.8 Å². The van der Waals surface area contributed by atoms with Crippen molar-refractivity contribution < 1.29 is 9.53 Å².